The van der Waals surface area contributed by atoms with Crippen molar-refractivity contribution in [3.63, 3.8) is 0 Å². The molecule has 0 aromatic heterocycles. The molecule has 3 fully saturated rings. The second-order valence-corrected chi connectivity index (χ2v) is 9.58. The number of likely N-dealkylation sites (tertiary alicyclic amines) is 1. The van der Waals surface area contributed by atoms with Crippen LogP contribution in [0.1, 0.15) is 66.2 Å². The first-order valence-corrected chi connectivity index (χ1v) is 12.0. The zero-order valence-electron chi connectivity index (χ0n) is 19.7. The Bertz CT molecular complexity index is 768. The van der Waals surface area contributed by atoms with E-state index in [4.69, 9.17) is 4.74 Å². The van der Waals surface area contributed by atoms with Gasteiger partial charge < -0.3 is 24.7 Å². The minimum Gasteiger partial charge on any atom is -0.481 e. The van der Waals surface area contributed by atoms with Crippen LogP contribution in [-0.2, 0) is 19.1 Å². The number of amides is 2. The molecule has 1 spiro atoms. The Morgan fingerprint density at radius 1 is 1.34 bits per heavy atom. The van der Waals surface area contributed by atoms with E-state index < -0.39 is 41.1 Å². The summed E-state index contributed by atoms with van der Waals surface area (Å²) >= 11 is 0. The third-order valence-electron chi connectivity index (χ3n) is 8.04. The van der Waals surface area contributed by atoms with E-state index in [1.165, 1.54) is 4.90 Å². The number of aliphatic hydroxyl groups excluding tert-OH is 1. The molecule has 3 aliphatic rings. The molecular weight excluding hydrogens is 412 g/mol. The van der Waals surface area contributed by atoms with Crippen molar-refractivity contribution in [3.8, 4) is 0 Å². The quantitative estimate of drug-likeness (QED) is 0.467. The highest BCUT2D eigenvalue weighted by atomic mass is 16.5. The number of rotatable bonds is 11. The highest BCUT2D eigenvalue weighted by Gasteiger charge is 2.79. The molecule has 3 heterocycles. The Morgan fingerprint density at radius 3 is 2.53 bits per heavy atom. The summed E-state index contributed by atoms with van der Waals surface area (Å²) in [6.45, 7) is 11.6. The first kappa shape index (κ1) is 24.7. The highest BCUT2D eigenvalue weighted by Crippen LogP contribution is 2.64. The Hall–Kier alpha value is -1.93. The molecule has 180 valence electrons. The second kappa shape index (κ2) is 9.14. The van der Waals surface area contributed by atoms with Crippen LogP contribution in [0.4, 0.5) is 0 Å². The molecule has 32 heavy (non-hydrogen) atoms. The smallest absolute Gasteiger partial charge is 0.310 e. The van der Waals surface area contributed by atoms with E-state index in [1.54, 1.807) is 11.0 Å². The maximum absolute atomic E-state index is 14.1. The molecule has 3 saturated heterocycles. The SMILES string of the molecule is C=CCN(C(=O)C1N([C@@H](CC)CO)C(=O)[C@@H]2[C@@H](C(=O)O)[C@@]3(CC)CCC12O3)C(C)CCC. The van der Waals surface area contributed by atoms with Gasteiger partial charge in [-0.3, -0.25) is 14.4 Å². The van der Waals surface area contributed by atoms with Crippen molar-refractivity contribution in [1.29, 1.82) is 0 Å². The van der Waals surface area contributed by atoms with Gasteiger partial charge in [-0.2, -0.15) is 0 Å². The second-order valence-electron chi connectivity index (χ2n) is 9.58. The van der Waals surface area contributed by atoms with Gasteiger partial charge in [0.15, 0.2) is 0 Å². The van der Waals surface area contributed by atoms with E-state index in [0.717, 1.165) is 12.8 Å². The van der Waals surface area contributed by atoms with E-state index in [0.29, 0.717) is 32.2 Å². The molecule has 0 saturated carbocycles. The molecule has 0 radical (unpaired) electrons. The summed E-state index contributed by atoms with van der Waals surface area (Å²) in [6.07, 6.45) is 5.25. The predicted molar refractivity (Wildman–Crippen MR) is 119 cm³/mol. The number of ether oxygens (including phenoxy) is 1. The van der Waals surface area contributed by atoms with Crippen molar-refractivity contribution < 1.29 is 29.3 Å². The maximum atomic E-state index is 14.1. The molecule has 2 amide bonds. The van der Waals surface area contributed by atoms with Crippen LogP contribution >= 0.6 is 0 Å². The molecule has 3 unspecified atom stereocenters. The van der Waals surface area contributed by atoms with Crippen molar-refractivity contribution in [2.24, 2.45) is 11.8 Å². The lowest BCUT2D eigenvalue weighted by atomic mass is 9.65. The molecule has 3 rings (SSSR count). The number of nitrogens with zero attached hydrogens (tertiary/aromatic N) is 2. The standard InChI is InChI=1S/C24H38N2O6/c1-6-10-15(5)25(13-7-2)21(29)19-24-12-11-23(9-4,32-24)18(22(30)31)17(24)20(28)26(19)16(8-3)14-27/h7,15-19,27H,2,6,8-14H2,1,3-5H3,(H,30,31)/t15?,16-,17-,18-,19?,23+,24?/m0/s1. The van der Waals surface area contributed by atoms with E-state index in [9.17, 15) is 24.6 Å². The molecule has 0 aromatic carbocycles. The van der Waals surface area contributed by atoms with Gasteiger partial charge >= 0.3 is 5.97 Å². The molecule has 0 aromatic rings. The third kappa shape index (κ3) is 3.37. The number of carbonyl (C=O) groups excluding carboxylic acids is 2. The van der Waals surface area contributed by atoms with Gasteiger partial charge in [0.25, 0.3) is 0 Å². The minimum atomic E-state index is -1.18. The third-order valence-corrected chi connectivity index (χ3v) is 8.04. The average Bonchev–Trinajstić information content (AvgIpc) is 3.37. The fraction of sp³-hybridized carbons (Fsp3) is 0.792. The average molecular weight is 451 g/mol. The summed E-state index contributed by atoms with van der Waals surface area (Å²) < 4.78 is 6.54. The van der Waals surface area contributed by atoms with Gasteiger partial charge in [-0.15, -0.1) is 6.58 Å². The molecule has 8 heteroatoms. The summed E-state index contributed by atoms with van der Waals surface area (Å²) in [4.78, 5) is 43.4. The number of aliphatic hydroxyl groups is 1. The molecule has 2 N–H and O–H groups in total. The Morgan fingerprint density at radius 2 is 2.03 bits per heavy atom. The number of carboxylic acids is 1. The molecule has 7 atom stereocenters. The van der Waals surface area contributed by atoms with E-state index in [-0.39, 0.29) is 24.5 Å². The number of aliphatic carboxylic acids is 1. The van der Waals surface area contributed by atoms with Crippen molar-refractivity contribution >= 4 is 17.8 Å². The maximum Gasteiger partial charge on any atom is 0.310 e. The fourth-order valence-electron chi connectivity index (χ4n) is 6.47. The molecule has 0 aliphatic carbocycles. The zero-order chi connectivity index (χ0) is 23.8. The first-order valence-electron chi connectivity index (χ1n) is 12.0. The van der Waals surface area contributed by atoms with Gasteiger partial charge in [-0.25, -0.2) is 0 Å². The monoisotopic (exact) mass is 450 g/mol. The highest BCUT2D eigenvalue weighted by molar-refractivity contribution is 5.98. The Kier molecular flexibility index (Phi) is 7.05. The van der Waals surface area contributed by atoms with Crippen LogP contribution in [0.2, 0.25) is 0 Å². The molecule has 2 bridgehead atoms. The number of carboxylic acid groups (broad SMARTS) is 1. The number of fused-ring (bicyclic) bond motifs is 1. The van der Waals surface area contributed by atoms with Gasteiger partial charge in [0.1, 0.15) is 17.6 Å². The van der Waals surface area contributed by atoms with Gasteiger partial charge in [0.2, 0.25) is 11.8 Å². The topological polar surface area (TPSA) is 107 Å². The summed E-state index contributed by atoms with van der Waals surface area (Å²) in [7, 11) is 0. The van der Waals surface area contributed by atoms with Crippen molar-refractivity contribution in [2.75, 3.05) is 13.2 Å². The fourth-order valence-corrected chi connectivity index (χ4v) is 6.47. The minimum absolute atomic E-state index is 0.0684. The van der Waals surface area contributed by atoms with Crippen LogP contribution in [-0.4, -0.2) is 80.3 Å². The van der Waals surface area contributed by atoms with Crippen LogP contribution < -0.4 is 0 Å². The predicted octanol–water partition coefficient (Wildman–Crippen LogP) is 2.20. The Balaban J connectivity index is 2.14. The largest absolute Gasteiger partial charge is 0.481 e. The van der Waals surface area contributed by atoms with Gasteiger partial charge in [-0.05, 0) is 39.0 Å². The van der Waals surface area contributed by atoms with Crippen molar-refractivity contribution in [3.05, 3.63) is 12.7 Å². The summed E-state index contributed by atoms with van der Waals surface area (Å²) in [5.74, 6) is -3.60. The number of hydrogen-bond acceptors (Lipinski definition) is 5. The molecule has 8 nitrogen and oxygen atoms in total. The lowest BCUT2D eigenvalue weighted by Crippen LogP contribution is -2.60. The number of carbonyl (C=O) groups is 3. The Labute approximate surface area is 190 Å². The van der Waals surface area contributed by atoms with Gasteiger partial charge in [0.05, 0.1) is 24.2 Å². The van der Waals surface area contributed by atoms with Crippen molar-refractivity contribution in [2.45, 2.75) is 95.5 Å². The molecule has 3 aliphatic heterocycles. The van der Waals surface area contributed by atoms with Crippen LogP contribution in [0, 0.1) is 11.8 Å². The zero-order valence-corrected chi connectivity index (χ0v) is 19.7. The van der Waals surface area contributed by atoms with Crippen LogP contribution in [0.25, 0.3) is 0 Å². The lowest BCUT2D eigenvalue weighted by Gasteiger charge is -2.41. The normalized spacial score (nSPS) is 35.0. The van der Waals surface area contributed by atoms with E-state index >= 15 is 0 Å². The van der Waals surface area contributed by atoms with E-state index in [2.05, 4.69) is 13.5 Å². The summed E-state index contributed by atoms with van der Waals surface area (Å²) in [5.41, 5.74) is -2.11. The van der Waals surface area contributed by atoms with Gasteiger partial charge in [-0.1, -0.05) is 33.3 Å². The number of hydrogen-bond donors (Lipinski definition) is 2. The molecular formula is C24H38N2O6. The van der Waals surface area contributed by atoms with Crippen LogP contribution in [0.15, 0.2) is 12.7 Å². The summed E-state index contributed by atoms with van der Waals surface area (Å²) in [5, 5.41) is 20.1. The summed E-state index contributed by atoms with van der Waals surface area (Å²) in [6, 6.07) is -1.59. The van der Waals surface area contributed by atoms with E-state index in [1.807, 2.05) is 20.8 Å². The lowest BCUT2D eigenvalue weighted by molar-refractivity contribution is -0.161. The van der Waals surface area contributed by atoms with Crippen LogP contribution in [0.3, 0.4) is 0 Å². The first-order chi connectivity index (χ1) is 15.2. The van der Waals surface area contributed by atoms with Gasteiger partial charge in [0, 0.05) is 12.6 Å². The van der Waals surface area contributed by atoms with Crippen molar-refractivity contribution in [1.82, 2.24) is 9.80 Å². The van der Waals surface area contributed by atoms with Crippen LogP contribution in [0.5, 0.6) is 0 Å².